The molecule has 0 unspecified atom stereocenters. The molecule has 3 rings (SSSR count). The molecule has 122 valence electrons. The number of hydrogen-bond acceptors (Lipinski definition) is 3. The first-order chi connectivity index (χ1) is 10.5. The van der Waals surface area contributed by atoms with Crippen LogP contribution in [-0.4, -0.2) is 44.5 Å². The molecule has 1 aromatic rings. The average Bonchev–Trinajstić information content (AvgIpc) is 2.97. The molecule has 1 aromatic carbocycles. The Morgan fingerprint density at radius 1 is 1.05 bits per heavy atom. The van der Waals surface area contributed by atoms with E-state index in [1.165, 1.54) is 36.8 Å². The predicted molar refractivity (Wildman–Crippen MR) is 91.0 cm³/mol. The molecule has 1 heterocycles. The number of aryl methyl sites for hydroxylation is 1. The Morgan fingerprint density at radius 3 is 2.23 bits per heavy atom. The maximum Gasteiger partial charge on any atom is 0.152 e. The maximum atomic E-state index is 11.5. The first-order valence-corrected chi connectivity index (χ1v) is 10.3. The van der Waals surface area contributed by atoms with Gasteiger partial charge in [-0.3, -0.25) is 0 Å². The Kier molecular flexibility index (Phi) is 4.60. The van der Waals surface area contributed by atoms with Crippen LogP contribution in [0.1, 0.15) is 43.2 Å². The van der Waals surface area contributed by atoms with E-state index in [9.17, 15) is 8.42 Å². The standard InChI is InChI=1S/C18H27NO2S/c1-16-4-6-17(7-5-16)18(8-2-3-9-18)10-11-19-12-14-22(20,21)15-13-19/h4-7H,2-3,8-15H2,1H3. The monoisotopic (exact) mass is 321 g/mol. The minimum atomic E-state index is -2.77. The molecular weight excluding hydrogens is 294 g/mol. The molecule has 1 saturated carbocycles. The van der Waals surface area contributed by atoms with Crippen molar-refractivity contribution in [2.75, 3.05) is 31.1 Å². The van der Waals surface area contributed by atoms with Crippen LogP contribution in [0, 0.1) is 6.92 Å². The fraction of sp³-hybridized carbons (Fsp3) is 0.667. The average molecular weight is 321 g/mol. The first kappa shape index (κ1) is 16.0. The fourth-order valence-electron chi connectivity index (χ4n) is 3.99. The molecule has 0 N–H and O–H groups in total. The number of hydrogen-bond donors (Lipinski definition) is 0. The van der Waals surface area contributed by atoms with Gasteiger partial charge in [-0.2, -0.15) is 0 Å². The highest BCUT2D eigenvalue weighted by Gasteiger charge is 2.36. The van der Waals surface area contributed by atoms with E-state index in [0.29, 0.717) is 30.0 Å². The maximum absolute atomic E-state index is 11.5. The van der Waals surface area contributed by atoms with Gasteiger partial charge in [-0.1, -0.05) is 42.7 Å². The smallest absolute Gasteiger partial charge is 0.152 e. The van der Waals surface area contributed by atoms with Crippen LogP contribution in [0.15, 0.2) is 24.3 Å². The molecule has 3 nitrogen and oxygen atoms in total. The lowest BCUT2D eigenvalue weighted by Crippen LogP contribution is -2.42. The lowest BCUT2D eigenvalue weighted by Gasteiger charge is -2.34. The van der Waals surface area contributed by atoms with Crippen LogP contribution < -0.4 is 0 Å². The molecule has 0 atom stereocenters. The van der Waals surface area contributed by atoms with Crippen LogP contribution >= 0.6 is 0 Å². The van der Waals surface area contributed by atoms with Crippen molar-refractivity contribution in [2.24, 2.45) is 0 Å². The predicted octanol–water partition coefficient (Wildman–Crippen LogP) is 2.93. The van der Waals surface area contributed by atoms with E-state index in [1.807, 2.05) is 0 Å². The molecule has 2 fully saturated rings. The van der Waals surface area contributed by atoms with Gasteiger partial charge in [0.2, 0.25) is 0 Å². The number of nitrogens with zero attached hydrogens (tertiary/aromatic N) is 1. The summed E-state index contributed by atoms with van der Waals surface area (Å²) in [5.74, 6) is 0.676. The Hall–Kier alpha value is -0.870. The van der Waals surface area contributed by atoms with Crippen molar-refractivity contribution >= 4 is 9.84 Å². The van der Waals surface area contributed by atoms with Crippen LogP contribution in [0.5, 0.6) is 0 Å². The van der Waals surface area contributed by atoms with E-state index < -0.39 is 9.84 Å². The molecule has 2 aliphatic rings. The Balaban J connectivity index is 1.66. The summed E-state index contributed by atoms with van der Waals surface area (Å²) in [5.41, 5.74) is 3.13. The largest absolute Gasteiger partial charge is 0.301 e. The molecule has 0 radical (unpaired) electrons. The highest BCUT2D eigenvalue weighted by atomic mass is 32.2. The third-order valence-corrected chi connectivity index (χ3v) is 7.18. The minimum Gasteiger partial charge on any atom is -0.301 e. The highest BCUT2D eigenvalue weighted by molar-refractivity contribution is 7.91. The van der Waals surface area contributed by atoms with Crippen molar-refractivity contribution in [3.63, 3.8) is 0 Å². The fourth-order valence-corrected chi connectivity index (χ4v) is 5.26. The van der Waals surface area contributed by atoms with Gasteiger partial charge in [-0.05, 0) is 43.7 Å². The second-order valence-corrected chi connectivity index (χ2v) is 9.40. The summed E-state index contributed by atoms with van der Waals surface area (Å²) < 4.78 is 23.1. The van der Waals surface area contributed by atoms with Gasteiger partial charge in [0, 0.05) is 13.1 Å². The second-order valence-electron chi connectivity index (χ2n) is 7.10. The number of benzene rings is 1. The number of sulfone groups is 1. The summed E-state index contributed by atoms with van der Waals surface area (Å²) in [4.78, 5) is 2.34. The lowest BCUT2D eigenvalue weighted by molar-refractivity contribution is 0.252. The van der Waals surface area contributed by atoms with Gasteiger partial charge >= 0.3 is 0 Å². The Labute approximate surface area is 134 Å². The van der Waals surface area contributed by atoms with E-state index >= 15 is 0 Å². The van der Waals surface area contributed by atoms with Crippen molar-refractivity contribution in [3.8, 4) is 0 Å². The van der Waals surface area contributed by atoms with Crippen LogP contribution in [0.4, 0.5) is 0 Å². The zero-order valence-electron chi connectivity index (χ0n) is 13.6. The summed E-state index contributed by atoms with van der Waals surface area (Å²) in [6, 6.07) is 9.06. The summed E-state index contributed by atoms with van der Waals surface area (Å²) in [6.07, 6.45) is 6.37. The molecule has 1 aliphatic heterocycles. The topological polar surface area (TPSA) is 37.4 Å². The van der Waals surface area contributed by atoms with Gasteiger partial charge in [0.05, 0.1) is 11.5 Å². The Morgan fingerprint density at radius 2 is 1.64 bits per heavy atom. The van der Waals surface area contributed by atoms with Crippen molar-refractivity contribution < 1.29 is 8.42 Å². The van der Waals surface area contributed by atoms with E-state index in [0.717, 1.165) is 13.0 Å². The molecule has 0 spiro atoms. The molecular formula is C18H27NO2S. The van der Waals surface area contributed by atoms with E-state index in [-0.39, 0.29) is 0 Å². The first-order valence-electron chi connectivity index (χ1n) is 8.49. The van der Waals surface area contributed by atoms with Gasteiger partial charge in [-0.15, -0.1) is 0 Å². The van der Waals surface area contributed by atoms with E-state index in [2.05, 4.69) is 36.1 Å². The van der Waals surface area contributed by atoms with Crippen LogP contribution in [0.2, 0.25) is 0 Å². The molecule has 1 aliphatic carbocycles. The lowest BCUT2D eigenvalue weighted by atomic mass is 9.76. The molecule has 0 bridgehead atoms. The molecule has 22 heavy (non-hydrogen) atoms. The van der Waals surface area contributed by atoms with E-state index in [4.69, 9.17) is 0 Å². The van der Waals surface area contributed by atoms with Crippen molar-refractivity contribution in [3.05, 3.63) is 35.4 Å². The normalized spacial score (nSPS) is 24.4. The quantitative estimate of drug-likeness (QED) is 0.856. The van der Waals surface area contributed by atoms with E-state index in [1.54, 1.807) is 0 Å². The van der Waals surface area contributed by atoms with Crippen LogP contribution in [0.3, 0.4) is 0 Å². The summed E-state index contributed by atoms with van der Waals surface area (Å²) in [7, 11) is -2.77. The Bertz CT molecular complexity index is 586. The van der Waals surface area contributed by atoms with Gasteiger partial charge in [-0.25, -0.2) is 8.42 Å². The number of rotatable bonds is 4. The molecule has 4 heteroatoms. The molecule has 0 amide bonds. The minimum absolute atomic E-state index is 0.323. The summed E-state index contributed by atoms with van der Waals surface area (Å²) in [6.45, 7) is 4.60. The van der Waals surface area contributed by atoms with Crippen molar-refractivity contribution in [1.29, 1.82) is 0 Å². The van der Waals surface area contributed by atoms with Gasteiger partial charge in [0.25, 0.3) is 0 Å². The van der Waals surface area contributed by atoms with Gasteiger partial charge < -0.3 is 4.90 Å². The second kappa shape index (κ2) is 6.32. The van der Waals surface area contributed by atoms with Gasteiger partial charge in [0.1, 0.15) is 0 Å². The molecule has 0 aromatic heterocycles. The third-order valence-electron chi connectivity index (χ3n) is 5.57. The highest BCUT2D eigenvalue weighted by Crippen LogP contribution is 2.44. The molecule has 1 saturated heterocycles. The third kappa shape index (κ3) is 3.54. The van der Waals surface area contributed by atoms with Crippen LogP contribution in [-0.2, 0) is 15.3 Å². The van der Waals surface area contributed by atoms with Crippen molar-refractivity contribution in [2.45, 2.75) is 44.4 Å². The summed E-state index contributed by atoms with van der Waals surface area (Å²) >= 11 is 0. The summed E-state index contributed by atoms with van der Waals surface area (Å²) in [5, 5.41) is 0. The van der Waals surface area contributed by atoms with Gasteiger partial charge in [0.15, 0.2) is 9.84 Å². The zero-order chi connectivity index (χ0) is 15.6. The van der Waals surface area contributed by atoms with Crippen molar-refractivity contribution in [1.82, 2.24) is 4.90 Å². The SMILES string of the molecule is Cc1ccc(C2(CCN3CCS(=O)(=O)CC3)CCCC2)cc1. The van der Waals surface area contributed by atoms with Crippen LogP contribution in [0.25, 0.3) is 0 Å². The zero-order valence-corrected chi connectivity index (χ0v) is 14.4.